The maximum absolute atomic E-state index is 11.1. The molecule has 4 nitrogen and oxygen atoms in total. The van der Waals surface area contributed by atoms with Gasteiger partial charge in [0.25, 0.3) is 0 Å². The quantitative estimate of drug-likeness (QED) is 0.819. The minimum atomic E-state index is -0.653. The molecule has 0 bridgehead atoms. The summed E-state index contributed by atoms with van der Waals surface area (Å²) in [5.41, 5.74) is 1.19. The number of aliphatic carboxylic acids is 1. The first-order valence-corrected chi connectivity index (χ1v) is 9.18. The number of benzene rings is 2. The van der Waals surface area contributed by atoms with Gasteiger partial charge in [-0.05, 0) is 56.4 Å². The zero-order valence-electron chi connectivity index (χ0n) is 15.0. The van der Waals surface area contributed by atoms with Crippen molar-refractivity contribution >= 4 is 16.7 Å². The molecule has 0 aromatic heterocycles. The molecule has 0 heterocycles. The smallest absolute Gasteiger partial charge is 0.306 e. The van der Waals surface area contributed by atoms with Crippen LogP contribution < -0.4 is 10.1 Å². The highest BCUT2D eigenvalue weighted by atomic mass is 16.5. The predicted molar refractivity (Wildman–Crippen MR) is 99.9 cm³/mol. The first kappa shape index (κ1) is 17.7. The normalized spacial score (nSPS) is 20.8. The van der Waals surface area contributed by atoms with Crippen molar-refractivity contribution in [3.63, 3.8) is 0 Å². The van der Waals surface area contributed by atoms with E-state index < -0.39 is 5.97 Å². The molecular formula is C21H27NO3. The lowest BCUT2D eigenvalue weighted by molar-refractivity contribution is -0.142. The van der Waals surface area contributed by atoms with Crippen LogP contribution in [0.1, 0.15) is 45.1 Å². The zero-order chi connectivity index (χ0) is 17.8. The van der Waals surface area contributed by atoms with Crippen LogP contribution in [0.3, 0.4) is 0 Å². The lowest BCUT2D eigenvalue weighted by Gasteiger charge is -2.27. The van der Waals surface area contributed by atoms with Gasteiger partial charge in [0.15, 0.2) is 0 Å². The fourth-order valence-corrected chi connectivity index (χ4v) is 3.65. The van der Waals surface area contributed by atoms with Gasteiger partial charge in [-0.2, -0.15) is 0 Å². The third-order valence-corrected chi connectivity index (χ3v) is 5.00. The van der Waals surface area contributed by atoms with E-state index in [2.05, 4.69) is 41.7 Å². The third-order valence-electron chi connectivity index (χ3n) is 5.00. The molecule has 4 heteroatoms. The molecule has 2 aromatic rings. The number of fused-ring (bicyclic) bond motifs is 1. The van der Waals surface area contributed by atoms with Gasteiger partial charge in [0, 0.05) is 18.2 Å². The SMILES string of the molecule is CC(C)Oc1ccc2ccccc2c1CNC1CCC(C(=O)O)CC1. The summed E-state index contributed by atoms with van der Waals surface area (Å²) in [6.07, 6.45) is 3.49. The molecular weight excluding hydrogens is 314 g/mol. The molecule has 0 unspecified atom stereocenters. The van der Waals surface area contributed by atoms with Crippen molar-refractivity contribution in [2.24, 2.45) is 5.92 Å². The number of ether oxygens (including phenoxy) is 1. The first-order chi connectivity index (χ1) is 12.0. The topological polar surface area (TPSA) is 58.6 Å². The van der Waals surface area contributed by atoms with Gasteiger partial charge >= 0.3 is 5.97 Å². The summed E-state index contributed by atoms with van der Waals surface area (Å²) >= 11 is 0. The van der Waals surface area contributed by atoms with E-state index in [0.717, 1.165) is 38.0 Å². The lowest BCUT2D eigenvalue weighted by Crippen LogP contribution is -2.34. The Labute approximate surface area is 149 Å². The third kappa shape index (κ3) is 4.31. The van der Waals surface area contributed by atoms with Crippen molar-refractivity contribution < 1.29 is 14.6 Å². The Morgan fingerprint density at radius 1 is 1.16 bits per heavy atom. The summed E-state index contributed by atoms with van der Waals surface area (Å²) in [4.78, 5) is 11.1. The Bertz CT molecular complexity index is 733. The van der Waals surface area contributed by atoms with Crippen LogP contribution in [0.15, 0.2) is 36.4 Å². The van der Waals surface area contributed by atoms with Crippen LogP contribution in [0.5, 0.6) is 5.75 Å². The fraction of sp³-hybridized carbons (Fsp3) is 0.476. The van der Waals surface area contributed by atoms with Gasteiger partial charge in [0.1, 0.15) is 5.75 Å². The number of rotatable bonds is 6. The van der Waals surface area contributed by atoms with E-state index in [4.69, 9.17) is 9.84 Å². The van der Waals surface area contributed by atoms with E-state index in [9.17, 15) is 4.79 Å². The first-order valence-electron chi connectivity index (χ1n) is 9.18. The Hall–Kier alpha value is -2.07. The summed E-state index contributed by atoms with van der Waals surface area (Å²) in [5.74, 6) is 0.107. The van der Waals surface area contributed by atoms with E-state index in [1.807, 2.05) is 13.8 Å². The maximum atomic E-state index is 11.1. The van der Waals surface area contributed by atoms with Gasteiger partial charge in [0.05, 0.1) is 12.0 Å². The molecule has 3 rings (SSSR count). The number of hydrogen-bond acceptors (Lipinski definition) is 3. The monoisotopic (exact) mass is 341 g/mol. The average molecular weight is 341 g/mol. The zero-order valence-corrected chi connectivity index (χ0v) is 15.0. The number of carboxylic acids is 1. The van der Waals surface area contributed by atoms with E-state index in [-0.39, 0.29) is 12.0 Å². The minimum absolute atomic E-state index is 0.130. The van der Waals surface area contributed by atoms with Gasteiger partial charge in [-0.1, -0.05) is 30.3 Å². The van der Waals surface area contributed by atoms with Crippen LogP contribution in [0.2, 0.25) is 0 Å². The molecule has 1 aliphatic rings. The van der Waals surface area contributed by atoms with Crippen molar-refractivity contribution in [2.45, 2.75) is 58.2 Å². The van der Waals surface area contributed by atoms with Crippen LogP contribution in [-0.2, 0) is 11.3 Å². The standard InChI is InChI=1S/C21H27NO3/c1-14(2)25-20-12-9-15-5-3-4-6-18(15)19(20)13-22-17-10-7-16(8-11-17)21(23)24/h3-6,9,12,14,16-17,22H,7-8,10-11,13H2,1-2H3,(H,23,24). The van der Waals surface area contributed by atoms with Crippen molar-refractivity contribution in [1.29, 1.82) is 0 Å². The van der Waals surface area contributed by atoms with Crippen molar-refractivity contribution in [3.05, 3.63) is 42.0 Å². The second-order valence-corrected chi connectivity index (χ2v) is 7.20. The molecule has 0 saturated heterocycles. The number of carbonyl (C=O) groups is 1. The van der Waals surface area contributed by atoms with Gasteiger partial charge in [-0.25, -0.2) is 0 Å². The van der Waals surface area contributed by atoms with Crippen LogP contribution >= 0.6 is 0 Å². The molecule has 1 aliphatic carbocycles. The molecule has 0 atom stereocenters. The summed E-state index contributed by atoms with van der Waals surface area (Å²) < 4.78 is 6.02. The second-order valence-electron chi connectivity index (χ2n) is 7.20. The summed E-state index contributed by atoms with van der Waals surface area (Å²) in [6, 6.07) is 12.9. The molecule has 1 saturated carbocycles. The highest BCUT2D eigenvalue weighted by molar-refractivity contribution is 5.87. The van der Waals surface area contributed by atoms with Crippen LogP contribution in [-0.4, -0.2) is 23.2 Å². The van der Waals surface area contributed by atoms with Crippen LogP contribution in [0.25, 0.3) is 10.8 Å². The summed E-state index contributed by atoms with van der Waals surface area (Å²) in [7, 11) is 0. The Kier molecular flexibility index (Phi) is 5.59. The number of nitrogens with one attached hydrogen (secondary N) is 1. The minimum Gasteiger partial charge on any atom is -0.491 e. The Balaban J connectivity index is 1.74. The summed E-state index contributed by atoms with van der Waals surface area (Å²) in [5, 5.41) is 15.2. The van der Waals surface area contributed by atoms with E-state index >= 15 is 0 Å². The van der Waals surface area contributed by atoms with Crippen molar-refractivity contribution in [1.82, 2.24) is 5.32 Å². The van der Waals surface area contributed by atoms with E-state index in [0.29, 0.717) is 6.04 Å². The van der Waals surface area contributed by atoms with Gasteiger partial charge in [0.2, 0.25) is 0 Å². The lowest BCUT2D eigenvalue weighted by atomic mass is 9.86. The molecule has 1 fully saturated rings. The van der Waals surface area contributed by atoms with Crippen molar-refractivity contribution in [2.75, 3.05) is 0 Å². The molecule has 0 aliphatic heterocycles. The number of carboxylic acid groups (broad SMARTS) is 1. The molecule has 25 heavy (non-hydrogen) atoms. The molecule has 2 N–H and O–H groups in total. The van der Waals surface area contributed by atoms with Crippen molar-refractivity contribution in [3.8, 4) is 5.75 Å². The van der Waals surface area contributed by atoms with Gasteiger partial charge < -0.3 is 15.2 Å². The maximum Gasteiger partial charge on any atom is 0.306 e. The molecule has 0 spiro atoms. The van der Waals surface area contributed by atoms with Gasteiger partial charge in [-0.15, -0.1) is 0 Å². The highest BCUT2D eigenvalue weighted by Gasteiger charge is 2.25. The Morgan fingerprint density at radius 2 is 1.88 bits per heavy atom. The molecule has 2 aromatic carbocycles. The molecule has 0 amide bonds. The highest BCUT2D eigenvalue weighted by Crippen LogP contribution is 2.30. The predicted octanol–water partition coefficient (Wildman–Crippen LogP) is 4.36. The fourth-order valence-electron chi connectivity index (χ4n) is 3.65. The Morgan fingerprint density at radius 3 is 2.56 bits per heavy atom. The van der Waals surface area contributed by atoms with E-state index in [1.54, 1.807) is 0 Å². The largest absolute Gasteiger partial charge is 0.491 e. The molecule has 134 valence electrons. The van der Waals surface area contributed by atoms with Gasteiger partial charge in [-0.3, -0.25) is 4.79 Å². The molecule has 0 radical (unpaired) electrons. The van der Waals surface area contributed by atoms with Crippen LogP contribution in [0.4, 0.5) is 0 Å². The second kappa shape index (κ2) is 7.87. The average Bonchev–Trinajstić information content (AvgIpc) is 2.60. The van der Waals surface area contributed by atoms with Crippen LogP contribution in [0, 0.1) is 5.92 Å². The number of hydrogen-bond donors (Lipinski definition) is 2. The van der Waals surface area contributed by atoms with E-state index in [1.165, 1.54) is 16.3 Å². The summed E-state index contributed by atoms with van der Waals surface area (Å²) in [6.45, 7) is 4.82.